The molecule has 0 fully saturated rings. The topological polar surface area (TPSA) is 0 Å². The van der Waals surface area contributed by atoms with E-state index in [1.807, 2.05) is 0 Å². The van der Waals surface area contributed by atoms with Gasteiger partial charge in [0.2, 0.25) is 0 Å². The normalized spacial score (nSPS) is 8.70. The molecule has 0 aliphatic rings. The molecule has 4 heteroatoms. The van der Waals surface area contributed by atoms with Gasteiger partial charge in [0.1, 0.15) is 0 Å². The summed E-state index contributed by atoms with van der Waals surface area (Å²) in [6, 6.07) is 5.57. The molecule has 0 unspecified atom stereocenters. The monoisotopic (exact) mass is 258 g/mol. The maximum Gasteiger partial charge on any atom is 1.00 e. The van der Waals surface area contributed by atoms with Crippen LogP contribution in [0.1, 0.15) is 0 Å². The van der Waals surface area contributed by atoms with Gasteiger partial charge < -0.3 is 0 Å². The third kappa shape index (κ3) is 2.75. The van der Waals surface area contributed by atoms with E-state index >= 15 is 0 Å². The van der Waals surface area contributed by atoms with Crippen LogP contribution in [0.5, 0.6) is 0 Å². The van der Waals surface area contributed by atoms with E-state index in [1.54, 1.807) is 6.07 Å². The summed E-state index contributed by atoms with van der Waals surface area (Å²) in [5.74, 6) is -0.363. The summed E-state index contributed by atoms with van der Waals surface area (Å²) >= 11 is 6.18. The predicted molar refractivity (Wildman–Crippen MR) is 40.6 cm³/mol. The number of rotatable bonds is 0. The minimum atomic E-state index is -0.363. The van der Waals surface area contributed by atoms with Crippen molar-refractivity contribution >= 4 is 31.9 Å². The van der Waals surface area contributed by atoms with Gasteiger partial charge in [0.15, 0.2) is 0 Å². The second-order valence-electron chi connectivity index (χ2n) is 1.48. The van der Waals surface area contributed by atoms with Gasteiger partial charge in [-0.05, 0) is 0 Å². The van der Waals surface area contributed by atoms with Crippen LogP contribution in [0.25, 0.3) is 0 Å². The molecule has 0 aliphatic carbocycles. The van der Waals surface area contributed by atoms with Crippen molar-refractivity contribution in [2.45, 2.75) is 0 Å². The Morgan fingerprint density at radius 3 is 2.40 bits per heavy atom. The van der Waals surface area contributed by atoms with Gasteiger partial charge in [-0.3, -0.25) is 0 Å². The van der Waals surface area contributed by atoms with Crippen molar-refractivity contribution in [1.82, 2.24) is 0 Å². The molecule has 0 saturated carbocycles. The second-order valence-corrected chi connectivity index (χ2v) is 3.25. The van der Waals surface area contributed by atoms with Crippen molar-refractivity contribution in [2.75, 3.05) is 0 Å². The van der Waals surface area contributed by atoms with Gasteiger partial charge in [0, 0.05) is 5.82 Å². The van der Waals surface area contributed by atoms with E-state index < -0.39 is 0 Å². The van der Waals surface area contributed by atoms with Gasteiger partial charge in [-0.25, -0.2) is 4.39 Å². The van der Waals surface area contributed by atoms with Crippen LogP contribution in [0, 0.1) is 11.9 Å². The van der Waals surface area contributed by atoms with Crippen LogP contribution in [-0.4, -0.2) is 0 Å². The third-order valence-corrected chi connectivity index (χ3v) is 1.85. The molecule has 1 rings (SSSR count). The minimum Gasteiger partial charge on any atom is -0.235 e. The van der Waals surface area contributed by atoms with Crippen LogP contribution in [0.2, 0.25) is 0 Å². The van der Waals surface area contributed by atoms with Crippen molar-refractivity contribution in [3.8, 4) is 0 Å². The van der Waals surface area contributed by atoms with Gasteiger partial charge in [-0.1, -0.05) is 8.95 Å². The Balaban J connectivity index is 0.000000810. The fourth-order valence-corrected chi connectivity index (χ4v) is 1.44. The quantitative estimate of drug-likeness (QED) is 0.354. The molecular weight excluding hydrogens is 258 g/mol. The van der Waals surface area contributed by atoms with E-state index in [9.17, 15) is 4.39 Å². The molecule has 0 aliphatic heterocycles. The number of hydrogen-bond donors (Lipinski definition) is 0. The van der Waals surface area contributed by atoms with Crippen LogP contribution in [0.4, 0.5) is 4.39 Å². The van der Waals surface area contributed by atoms with E-state index in [0.717, 1.165) is 4.47 Å². The average molecular weight is 260 g/mol. The van der Waals surface area contributed by atoms with Crippen molar-refractivity contribution in [1.29, 1.82) is 0 Å². The smallest absolute Gasteiger partial charge is 0.235 e. The number of benzene rings is 1. The molecule has 10 heavy (non-hydrogen) atoms. The molecule has 0 heterocycles. The molecule has 0 aromatic heterocycles. The molecular formula is C6H2Br2FLi. The van der Waals surface area contributed by atoms with Crippen molar-refractivity contribution in [2.24, 2.45) is 0 Å². The molecule has 0 amide bonds. The molecule has 0 nitrogen and oxygen atoms in total. The molecule has 1 aromatic carbocycles. The fourth-order valence-electron chi connectivity index (χ4n) is 0.427. The third-order valence-electron chi connectivity index (χ3n) is 0.811. The van der Waals surface area contributed by atoms with Crippen LogP contribution < -0.4 is 18.9 Å². The van der Waals surface area contributed by atoms with Crippen molar-refractivity contribution in [3.05, 3.63) is 33.0 Å². The Kier molecular flexibility index (Phi) is 4.88. The van der Waals surface area contributed by atoms with Crippen LogP contribution in [0.3, 0.4) is 0 Å². The summed E-state index contributed by atoms with van der Waals surface area (Å²) in [6.45, 7) is 0. The standard InChI is InChI=1S/C6H2Br2F.Li/c7-4-1-2-6(9)5(8)3-4;/h1,3H;/q-1;+1. The maximum absolute atomic E-state index is 12.4. The first kappa shape index (κ1) is 10.7. The maximum atomic E-state index is 12.4. The second kappa shape index (κ2) is 4.56. The Hall–Kier alpha value is 0.707. The Morgan fingerprint density at radius 1 is 1.40 bits per heavy atom. The van der Waals surface area contributed by atoms with Crippen molar-refractivity contribution in [3.63, 3.8) is 0 Å². The number of hydrogen-bond acceptors (Lipinski definition) is 0. The largest absolute Gasteiger partial charge is 1.00 e. The molecule has 0 radical (unpaired) electrons. The molecule has 0 spiro atoms. The van der Waals surface area contributed by atoms with E-state index in [1.165, 1.54) is 6.07 Å². The van der Waals surface area contributed by atoms with Gasteiger partial charge in [-0.2, -0.15) is 6.07 Å². The van der Waals surface area contributed by atoms with Crippen LogP contribution in [0.15, 0.2) is 21.1 Å². The Bertz CT molecular complexity index is 227. The zero-order valence-corrected chi connectivity index (χ0v) is 8.46. The van der Waals surface area contributed by atoms with Crippen LogP contribution >= 0.6 is 31.9 Å². The minimum absolute atomic E-state index is 0. The number of halogens is 3. The molecule has 0 bridgehead atoms. The molecule has 0 N–H and O–H groups in total. The summed E-state index contributed by atoms with van der Waals surface area (Å²) in [7, 11) is 0. The summed E-state index contributed by atoms with van der Waals surface area (Å²) in [6.07, 6.45) is 0. The summed E-state index contributed by atoms with van der Waals surface area (Å²) < 4.78 is 13.6. The van der Waals surface area contributed by atoms with Crippen molar-refractivity contribution < 1.29 is 23.3 Å². The first-order chi connectivity index (χ1) is 4.20. The van der Waals surface area contributed by atoms with E-state index in [0.29, 0.717) is 4.47 Å². The molecule has 0 saturated heterocycles. The fraction of sp³-hybridized carbons (Fsp3) is 0. The summed E-state index contributed by atoms with van der Waals surface area (Å²) in [5, 5.41) is 0. The average Bonchev–Trinajstić information content (AvgIpc) is 1.80. The molecule has 1 aromatic rings. The molecule has 48 valence electrons. The molecule has 0 atom stereocenters. The van der Waals surface area contributed by atoms with Gasteiger partial charge in [0.05, 0.1) is 0 Å². The van der Waals surface area contributed by atoms with Gasteiger partial charge in [-0.15, -0.1) is 44.0 Å². The Morgan fingerprint density at radius 2 is 2.00 bits per heavy atom. The SMILES string of the molecule is Fc1[c-]cc(Br)cc1Br.[Li+]. The van der Waals surface area contributed by atoms with E-state index in [2.05, 4.69) is 37.9 Å². The summed E-state index contributed by atoms with van der Waals surface area (Å²) in [4.78, 5) is 0. The summed E-state index contributed by atoms with van der Waals surface area (Å²) in [5.41, 5.74) is 0. The first-order valence-corrected chi connectivity index (χ1v) is 3.81. The predicted octanol–water partition coefficient (Wildman–Crippen LogP) is 0.155. The van der Waals surface area contributed by atoms with Gasteiger partial charge in [0.25, 0.3) is 0 Å². The zero-order valence-electron chi connectivity index (χ0n) is 5.29. The zero-order chi connectivity index (χ0) is 6.85. The van der Waals surface area contributed by atoms with E-state index in [-0.39, 0.29) is 24.7 Å². The van der Waals surface area contributed by atoms with Crippen LogP contribution in [-0.2, 0) is 0 Å². The Labute approximate surface area is 87.6 Å². The van der Waals surface area contributed by atoms with E-state index in [4.69, 9.17) is 0 Å². The first-order valence-electron chi connectivity index (χ1n) is 2.22. The van der Waals surface area contributed by atoms with Gasteiger partial charge >= 0.3 is 18.9 Å².